The number of nitrogens with two attached hydrogens (primary N) is 1. The molecule has 2 amide bonds. The number of hydrogen-bond acceptors (Lipinski definition) is 2. The Balaban J connectivity index is 2.21. The third kappa shape index (κ3) is 2.44. The summed E-state index contributed by atoms with van der Waals surface area (Å²) in [5.41, 5.74) is 5.12. The van der Waals surface area contributed by atoms with Crippen LogP contribution >= 0.6 is 0 Å². The van der Waals surface area contributed by atoms with E-state index in [0.717, 1.165) is 17.0 Å². The molecule has 3 rings (SSSR count). The van der Waals surface area contributed by atoms with Crippen LogP contribution in [0.3, 0.4) is 0 Å². The molecule has 23 heavy (non-hydrogen) atoms. The van der Waals surface area contributed by atoms with Crippen LogP contribution in [0, 0.1) is 17.5 Å². The van der Waals surface area contributed by atoms with E-state index >= 15 is 0 Å². The molecular weight excluding hydrogens is 309 g/mol. The van der Waals surface area contributed by atoms with E-state index in [9.17, 15) is 22.8 Å². The molecule has 0 saturated carbocycles. The van der Waals surface area contributed by atoms with Gasteiger partial charge >= 0.3 is 0 Å². The van der Waals surface area contributed by atoms with Crippen molar-refractivity contribution in [3.8, 4) is 0 Å². The molecule has 0 saturated heterocycles. The first-order valence-electron chi connectivity index (χ1n) is 6.73. The number of carbonyl (C=O) groups is 2. The van der Waals surface area contributed by atoms with E-state index in [1.54, 1.807) is 0 Å². The summed E-state index contributed by atoms with van der Waals surface area (Å²) in [6, 6.07) is 7.12. The van der Waals surface area contributed by atoms with Crippen molar-refractivity contribution >= 4 is 17.5 Å². The van der Waals surface area contributed by atoms with Crippen molar-refractivity contribution in [3.63, 3.8) is 0 Å². The molecule has 2 aromatic rings. The Kier molecular flexibility index (Phi) is 3.55. The van der Waals surface area contributed by atoms with Crippen molar-refractivity contribution in [1.29, 1.82) is 0 Å². The number of primary amides is 1. The minimum Gasteiger partial charge on any atom is -0.368 e. The fourth-order valence-corrected chi connectivity index (χ4v) is 2.78. The maximum atomic E-state index is 14.3. The quantitative estimate of drug-likeness (QED) is 0.941. The Morgan fingerprint density at radius 2 is 1.91 bits per heavy atom. The molecule has 1 unspecified atom stereocenters. The molecule has 2 aromatic carbocycles. The lowest BCUT2D eigenvalue weighted by molar-refractivity contribution is -0.122. The summed E-state index contributed by atoms with van der Waals surface area (Å²) >= 11 is 0. The molecule has 0 radical (unpaired) electrons. The molecule has 1 atom stereocenters. The van der Waals surface area contributed by atoms with Gasteiger partial charge in [0.15, 0.2) is 11.6 Å². The van der Waals surface area contributed by atoms with Gasteiger partial charge in [-0.2, -0.15) is 0 Å². The van der Waals surface area contributed by atoms with Gasteiger partial charge < -0.3 is 10.6 Å². The van der Waals surface area contributed by atoms with Crippen LogP contribution in [-0.2, 0) is 9.59 Å². The van der Waals surface area contributed by atoms with E-state index in [1.807, 2.05) is 0 Å². The van der Waals surface area contributed by atoms with Crippen molar-refractivity contribution in [3.05, 3.63) is 65.0 Å². The predicted molar refractivity (Wildman–Crippen MR) is 76.1 cm³/mol. The molecule has 1 heterocycles. The Morgan fingerprint density at radius 1 is 1.17 bits per heavy atom. The van der Waals surface area contributed by atoms with Gasteiger partial charge in [-0.15, -0.1) is 0 Å². The standard InChI is InChI=1S/C16H11F3N2O2/c17-9-3-1-2-8(6-9)13-14-11(5-4-10(18)15(14)19)21(16(13)23)7-12(20)22/h1-6,13H,7H2,(H2,20,22). The van der Waals surface area contributed by atoms with Crippen LogP contribution < -0.4 is 10.6 Å². The number of nitrogens with zero attached hydrogens (tertiary/aromatic N) is 1. The van der Waals surface area contributed by atoms with Gasteiger partial charge in [0.25, 0.3) is 0 Å². The molecule has 0 spiro atoms. The second kappa shape index (κ2) is 5.42. The lowest BCUT2D eigenvalue weighted by atomic mass is 9.92. The largest absolute Gasteiger partial charge is 0.368 e. The van der Waals surface area contributed by atoms with Crippen LogP contribution in [0.4, 0.5) is 18.9 Å². The zero-order valence-corrected chi connectivity index (χ0v) is 11.7. The number of carbonyl (C=O) groups excluding carboxylic acids is 2. The third-order valence-corrected chi connectivity index (χ3v) is 3.70. The van der Waals surface area contributed by atoms with Crippen molar-refractivity contribution < 1.29 is 22.8 Å². The molecule has 1 aliphatic rings. The van der Waals surface area contributed by atoms with Crippen LogP contribution in [0.2, 0.25) is 0 Å². The molecule has 1 aliphatic heterocycles. The van der Waals surface area contributed by atoms with E-state index in [2.05, 4.69) is 0 Å². The average molecular weight is 320 g/mol. The van der Waals surface area contributed by atoms with E-state index in [1.165, 1.54) is 24.3 Å². The van der Waals surface area contributed by atoms with Crippen LogP contribution in [0.1, 0.15) is 17.0 Å². The first-order chi connectivity index (χ1) is 10.9. The summed E-state index contributed by atoms with van der Waals surface area (Å²) in [6.07, 6.45) is 0. The number of rotatable bonds is 3. The molecule has 0 aromatic heterocycles. The van der Waals surface area contributed by atoms with E-state index in [-0.39, 0.29) is 16.8 Å². The van der Waals surface area contributed by atoms with Crippen molar-refractivity contribution in [1.82, 2.24) is 0 Å². The second-order valence-electron chi connectivity index (χ2n) is 5.17. The molecule has 0 bridgehead atoms. The highest BCUT2D eigenvalue weighted by Crippen LogP contribution is 2.43. The molecule has 2 N–H and O–H groups in total. The number of hydrogen-bond donors (Lipinski definition) is 1. The van der Waals surface area contributed by atoms with Gasteiger partial charge in [-0.25, -0.2) is 13.2 Å². The van der Waals surface area contributed by atoms with Crippen LogP contribution in [0.15, 0.2) is 36.4 Å². The Hall–Kier alpha value is -2.83. The molecule has 7 heteroatoms. The smallest absolute Gasteiger partial charge is 0.239 e. The van der Waals surface area contributed by atoms with E-state index in [4.69, 9.17) is 5.73 Å². The lowest BCUT2D eigenvalue weighted by Gasteiger charge is -2.15. The first kappa shape index (κ1) is 15.1. The van der Waals surface area contributed by atoms with Crippen LogP contribution in [-0.4, -0.2) is 18.4 Å². The summed E-state index contributed by atoms with van der Waals surface area (Å²) in [5.74, 6) is -5.61. The molecule has 4 nitrogen and oxygen atoms in total. The lowest BCUT2D eigenvalue weighted by Crippen LogP contribution is -2.37. The number of anilines is 1. The van der Waals surface area contributed by atoms with Crippen molar-refractivity contribution in [2.24, 2.45) is 5.73 Å². The van der Waals surface area contributed by atoms with Gasteiger partial charge in [0.2, 0.25) is 11.8 Å². The fraction of sp³-hybridized carbons (Fsp3) is 0.125. The maximum Gasteiger partial charge on any atom is 0.239 e. The minimum absolute atomic E-state index is 0.0574. The Labute approximate surface area is 129 Å². The SMILES string of the molecule is NC(=O)CN1C(=O)C(c2cccc(F)c2)c2c1ccc(F)c2F. The van der Waals surface area contributed by atoms with Gasteiger partial charge in [0, 0.05) is 5.56 Å². The number of halogens is 3. The van der Waals surface area contributed by atoms with Gasteiger partial charge in [0.1, 0.15) is 12.4 Å². The summed E-state index contributed by atoms with van der Waals surface area (Å²) < 4.78 is 41.3. The number of benzene rings is 2. The molecular formula is C16H11F3N2O2. The Bertz CT molecular complexity index is 823. The first-order valence-corrected chi connectivity index (χ1v) is 6.73. The van der Waals surface area contributed by atoms with Gasteiger partial charge in [0.05, 0.1) is 11.6 Å². The molecule has 0 aliphatic carbocycles. The predicted octanol–water partition coefficient (Wildman–Crippen LogP) is 2.07. The van der Waals surface area contributed by atoms with Crippen molar-refractivity contribution in [2.45, 2.75) is 5.92 Å². The van der Waals surface area contributed by atoms with Crippen LogP contribution in [0.25, 0.3) is 0 Å². The van der Waals surface area contributed by atoms with Crippen molar-refractivity contribution in [2.75, 3.05) is 11.4 Å². The topological polar surface area (TPSA) is 63.4 Å². The third-order valence-electron chi connectivity index (χ3n) is 3.70. The van der Waals surface area contributed by atoms with Gasteiger partial charge in [-0.3, -0.25) is 9.59 Å². The Morgan fingerprint density at radius 3 is 2.57 bits per heavy atom. The number of amides is 2. The number of fused-ring (bicyclic) bond motifs is 1. The average Bonchev–Trinajstić information content (AvgIpc) is 2.76. The summed E-state index contributed by atoms with van der Waals surface area (Å²) in [5, 5.41) is 0. The highest BCUT2D eigenvalue weighted by atomic mass is 19.2. The summed E-state index contributed by atoms with van der Waals surface area (Å²) in [6.45, 7) is -0.470. The summed E-state index contributed by atoms with van der Waals surface area (Å²) in [4.78, 5) is 24.7. The highest BCUT2D eigenvalue weighted by molar-refractivity contribution is 6.09. The second-order valence-corrected chi connectivity index (χ2v) is 5.17. The maximum absolute atomic E-state index is 14.3. The highest BCUT2D eigenvalue weighted by Gasteiger charge is 2.42. The van der Waals surface area contributed by atoms with Crippen LogP contribution in [0.5, 0.6) is 0 Å². The monoisotopic (exact) mass is 320 g/mol. The zero-order valence-electron chi connectivity index (χ0n) is 11.7. The molecule has 0 fully saturated rings. The van der Waals surface area contributed by atoms with E-state index in [0.29, 0.717) is 0 Å². The minimum atomic E-state index is -1.23. The van der Waals surface area contributed by atoms with Gasteiger partial charge in [-0.05, 0) is 29.8 Å². The molecule has 118 valence electrons. The van der Waals surface area contributed by atoms with Gasteiger partial charge in [-0.1, -0.05) is 12.1 Å². The normalized spacial score (nSPS) is 16.6. The van der Waals surface area contributed by atoms with E-state index < -0.39 is 41.7 Å². The summed E-state index contributed by atoms with van der Waals surface area (Å²) in [7, 11) is 0. The zero-order chi connectivity index (χ0) is 16.7. The fourth-order valence-electron chi connectivity index (χ4n) is 2.78.